The highest BCUT2D eigenvalue weighted by atomic mass is 16.6. The number of primary amides is 1. The first kappa shape index (κ1) is 19.0. The molecule has 1 aliphatic heterocycles. The van der Waals surface area contributed by atoms with Gasteiger partial charge in [-0.3, -0.25) is 9.59 Å². The second-order valence-corrected chi connectivity index (χ2v) is 9.22. The number of amides is 3. The van der Waals surface area contributed by atoms with E-state index in [0.29, 0.717) is 24.8 Å². The van der Waals surface area contributed by atoms with Crippen LogP contribution in [-0.2, 0) is 14.3 Å². The number of likely N-dealkylation sites (tertiary alicyclic amines) is 1. The zero-order valence-corrected chi connectivity index (χ0v) is 16.2. The van der Waals surface area contributed by atoms with Crippen LogP contribution >= 0.6 is 0 Å². The van der Waals surface area contributed by atoms with Gasteiger partial charge in [0.05, 0.1) is 0 Å². The fourth-order valence-corrected chi connectivity index (χ4v) is 4.66. The van der Waals surface area contributed by atoms with Gasteiger partial charge in [0.2, 0.25) is 11.8 Å². The maximum absolute atomic E-state index is 13.0. The summed E-state index contributed by atoms with van der Waals surface area (Å²) in [4.78, 5) is 38.6. The third kappa shape index (κ3) is 3.67. The minimum atomic E-state index is -0.759. The number of alkyl carbamates (subject to hydrolysis) is 1. The molecular weight excluding hydrogens is 334 g/mol. The fraction of sp³-hybridized carbons (Fsp3) is 0.842. The molecule has 1 saturated heterocycles. The van der Waals surface area contributed by atoms with Crippen molar-refractivity contribution in [3.8, 4) is 0 Å². The number of carbonyl (C=O) groups excluding carboxylic acids is 3. The minimum Gasteiger partial charge on any atom is -0.446 e. The van der Waals surface area contributed by atoms with Gasteiger partial charge in [0.25, 0.3) is 0 Å². The maximum Gasteiger partial charge on any atom is 0.408 e. The van der Waals surface area contributed by atoms with Gasteiger partial charge in [-0.05, 0) is 48.9 Å². The molecule has 0 radical (unpaired) electrons. The van der Waals surface area contributed by atoms with Gasteiger partial charge in [-0.2, -0.15) is 0 Å². The van der Waals surface area contributed by atoms with Crippen molar-refractivity contribution in [1.82, 2.24) is 10.2 Å². The lowest BCUT2D eigenvalue weighted by atomic mass is 9.85. The molecular formula is C19H31N3O4. The van der Waals surface area contributed by atoms with Gasteiger partial charge in [0.15, 0.2) is 0 Å². The summed E-state index contributed by atoms with van der Waals surface area (Å²) in [6.45, 7) is 8.39. The second-order valence-electron chi connectivity index (χ2n) is 9.22. The van der Waals surface area contributed by atoms with Crippen LogP contribution in [-0.4, -0.2) is 47.5 Å². The van der Waals surface area contributed by atoms with Gasteiger partial charge in [-0.1, -0.05) is 27.7 Å². The third-order valence-corrected chi connectivity index (χ3v) is 6.34. The van der Waals surface area contributed by atoms with Crippen LogP contribution in [0.15, 0.2) is 0 Å². The Morgan fingerprint density at radius 2 is 1.81 bits per heavy atom. The SMILES string of the molecule is C[C@H]1[C@H]2C[C@@H](OC(=O)N[C@H](C(=O)N3CCC[C@H]3C(N)=O)C(C)(C)C)C[C@@H]12. The quantitative estimate of drug-likeness (QED) is 0.791. The van der Waals surface area contributed by atoms with E-state index in [4.69, 9.17) is 10.5 Å². The van der Waals surface area contributed by atoms with Crippen LogP contribution in [0.25, 0.3) is 0 Å². The van der Waals surface area contributed by atoms with E-state index in [2.05, 4.69) is 12.2 Å². The predicted molar refractivity (Wildman–Crippen MR) is 96.0 cm³/mol. The van der Waals surface area contributed by atoms with Gasteiger partial charge < -0.3 is 20.7 Å². The van der Waals surface area contributed by atoms with Crippen molar-refractivity contribution in [3.05, 3.63) is 0 Å². The minimum absolute atomic E-state index is 0.0536. The molecule has 2 aliphatic carbocycles. The van der Waals surface area contributed by atoms with E-state index >= 15 is 0 Å². The van der Waals surface area contributed by atoms with Crippen LogP contribution in [0.4, 0.5) is 4.79 Å². The first-order valence-electron chi connectivity index (χ1n) is 9.66. The lowest BCUT2D eigenvalue weighted by Crippen LogP contribution is -2.57. The number of nitrogens with one attached hydrogen (secondary N) is 1. The molecule has 3 amide bonds. The van der Waals surface area contributed by atoms with Crippen LogP contribution in [0, 0.1) is 23.2 Å². The Kier molecular flexibility index (Phi) is 4.92. The number of nitrogens with zero attached hydrogens (tertiary/aromatic N) is 1. The van der Waals surface area contributed by atoms with Crippen molar-refractivity contribution in [2.24, 2.45) is 28.9 Å². The Bertz CT molecular complexity index is 588. The van der Waals surface area contributed by atoms with Crippen LogP contribution in [0.2, 0.25) is 0 Å². The molecule has 0 aromatic heterocycles. The molecule has 146 valence electrons. The van der Waals surface area contributed by atoms with Crippen LogP contribution in [0.5, 0.6) is 0 Å². The highest BCUT2D eigenvalue weighted by Gasteiger charge is 2.54. The molecule has 3 rings (SSSR count). The Hall–Kier alpha value is -1.79. The zero-order chi connectivity index (χ0) is 19.2. The lowest BCUT2D eigenvalue weighted by molar-refractivity contribution is -0.141. The van der Waals surface area contributed by atoms with E-state index in [1.54, 1.807) is 0 Å². The van der Waals surface area contributed by atoms with E-state index in [1.807, 2.05) is 20.8 Å². The summed E-state index contributed by atoms with van der Waals surface area (Å²) >= 11 is 0. The van der Waals surface area contributed by atoms with E-state index in [0.717, 1.165) is 25.2 Å². The van der Waals surface area contributed by atoms with Crippen LogP contribution < -0.4 is 11.1 Å². The summed E-state index contributed by atoms with van der Waals surface area (Å²) in [6, 6.07) is -1.35. The first-order valence-corrected chi connectivity index (χ1v) is 9.66. The topological polar surface area (TPSA) is 102 Å². The number of fused-ring (bicyclic) bond motifs is 1. The smallest absolute Gasteiger partial charge is 0.408 e. The Morgan fingerprint density at radius 1 is 1.19 bits per heavy atom. The van der Waals surface area contributed by atoms with Crippen molar-refractivity contribution >= 4 is 17.9 Å². The van der Waals surface area contributed by atoms with E-state index in [-0.39, 0.29) is 12.0 Å². The van der Waals surface area contributed by atoms with Gasteiger partial charge in [-0.15, -0.1) is 0 Å². The van der Waals surface area contributed by atoms with Crippen LogP contribution in [0.3, 0.4) is 0 Å². The van der Waals surface area contributed by atoms with Crippen molar-refractivity contribution in [1.29, 1.82) is 0 Å². The molecule has 6 atom stereocenters. The number of nitrogens with two attached hydrogens (primary N) is 1. The van der Waals surface area contributed by atoms with E-state index in [1.165, 1.54) is 4.90 Å². The molecule has 0 aromatic carbocycles. The van der Waals surface area contributed by atoms with Gasteiger partial charge in [0.1, 0.15) is 18.2 Å². The molecule has 7 nitrogen and oxygen atoms in total. The number of hydrogen-bond donors (Lipinski definition) is 2. The highest BCUT2D eigenvalue weighted by molar-refractivity contribution is 5.91. The lowest BCUT2D eigenvalue weighted by Gasteiger charge is -2.35. The average Bonchev–Trinajstić information content (AvgIpc) is 2.98. The molecule has 1 heterocycles. The number of ether oxygens (including phenoxy) is 1. The number of hydrogen-bond acceptors (Lipinski definition) is 4. The first-order chi connectivity index (χ1) is 12.1. The normalized spacial score (nSPS) is 34.2. The summed E-state index contributed by atoms with van der Waals surface area (Å²) in [5.41, 5.74) is 4.92. The van der Waals surface area contributed by atoms with Crippen molar-refractivity contribution in [2.75, 3.05) is 6.54 Å². The summed E-state index contributed by atoms with van der Waals surface area (Å²) in [6.07, 6.45) is 2.55. The van der Waals surface area contributed by atoms with Crippen molar-refractivity contribution in [2.45, 2.75) is 71.6 Å². The summed E-state index contributed by atoms with van der Waals surface area (Å²) < 4.78 is 5.56. The third-order valence-electron chi connectivity index (χ3n) is 6.34. The zero-order valence-electron chi connectivity index (χ0n) is 16.2. The Labute approximate surface area is 155 Å². The van der Waals surface area contributed by atoms with Gasteiger partial charge in [0, 0.05) is 6.54 Å². The van der Waals surface area contributed by atoms with Gasteiger partial charge in [-0.25, -0.2) is 4.79 Å². The molecule has 3 fully saturated rings. The molecule has 0 bridgehead atoms. The average molecular weight is 365 g/mol. The molecule has 0 unspecified atom stereocenters. The highest BCUT2D eigenvalue weighted by Crippen LogP contribution is 2.57. The fourth-order valence-electron chi connectivity index (χ4n) is 4.66. The monoisotopic (exact) mass is 365 g/mol. The molecule has 3 N–H and O–H groups in total. The second kappa shape index (κ2) is 6.74. The van der Waals surface area contributed by atoms with Crippen molar-refractivity contribution < 1.29 is 19.1 Å². The van der Waals surface area contributed by atoms with Crippen molar-refractivity contribution in [3.63, 3.8) is 0 Å². The molecule has 0 spiro atoms. The summed E-state index contributed by atoms with van der Waals surface area (Å²) in [5.74, 6) is 1.37. The molecule has 0 aromatic rings. The van der Waals surface area contributed by atoms with E-state index in [9.17, 15) is 14.4 Å². The molecule has 7 heteroatoms. The number of rotatable bonds is 4. The maximum atomic E-state index is 13.0. The molecule has 3 aliphatic rings. The van der Waals surface area contributed by atoms with E-state index < -0.39 is 29.5 Å². The molecule has 2 saturated carbocycles. The number of carbonyl (C=O) groups is 3. The Morgan fingerprint density at radius 3 is 2.35 bits per heavy atom. The summed E-state index contributed by atoms with van der Waals surface area (Å²) in [5, 5.41) is 2.76. The van der Waals surface area contributed by atoms with Gasteiger partial charge >= 0.3 is 6.09 Å². The van der Waals surface area contributed by atoms with Crippen LogP contribution in [0.1, 0.15) is 53.4 Å². The predicted octanol–water partition coefficient (Wildman–Crippen LogP) is 1.65. The Balaban J connectivity index is 1.61. The molecule has 26 heavy (non-hydrogen) atoms. The largest absolute Gasteiger partial charge is 0.446 e. The standard InChI is InChI=1S/C19H31N3O4/c1-10-12-8-11(9-13(10)12)26-18(25)21-15(19(2,3)4)17(24)22-7-5-6-14(22)16(20)23/h10-15H,5-9H2,1-4H3,(H2,20,23)(H,21,25)/t10-,11+,12+,13-,14-,15+/m0/s1. The summed E-state index contributed by atoms with van der Waals surface area (Å²) in [7, 11) is 0.